The summed E-state index contributed by atoms with van der Waals surface area (Å²) in [5.74, 6) is -1.32. The van der Waals surface area contributed by atoms with Gasteiger partial charge in [-0.1, -0.05) is 0 Å². The zero-order valence-corrected chi connectivity index (χ0v) is 3.59. The van der Waals surface area contributed by atoms with Gasteiger partial charge in [0.2, 0.25) is 0 Å². The van der Waals surface area contributed by atoms with E-state index in [9.17, 15) is 4.79 Å². The average molecular weight is 107 g/mol. The molecule has 3 nitrogen and oxygen atoms in total. The summed E-state index contributed by atoms with van der Waals surface area (Å²) in [4.78, 5) is 9.85. The SMILES string of the molecule is [2H]C([2H])([2H])[C@@H](O)CC(=O)O. The monoisotopic (exact) mass is 107 g/mol. The van der Waals surface area contributed by atoms with Crippen LogP contribution in [0.5, 0.6) is 0 Å². The van der Waals surface area contributed by atoms with Gasteiger partial charge in [0, 0.05) is 4.11 Å². The Labute approximate surface area is 45.8 Å². The minimum Gasteiger partial charge on any atom is -0.481 e. The number of hydrogen-bond acceptors (Lipinski definition) is 2. The highest BCUT2D eigenvalue weighted by Crippen LogP contribution is 1.85. The molecule has 0 aromatic rings. The first-order valence-electron chi connectivity index (χ1n) is 3.24. The molecule has 0 aliphatic heterocycles. The van der Waals surface area contributed by atoms with Crippen molar-refractivity contribution in [2.24, 2.45) is 0 Å². The number of aliphatic hydroxyl groups is 1. The van der Waals surface area contributed by atoms with Crippen molar-refractivity contribution < 1.29 is 19.1 Å². The zero-order valence-electron chi connectivity index (χ0n) is 6.59. The van der Waals surface area contributed by atoms with Gasteiger partial charge in [-0.3, -0.25) is 4.79 Å². The summed E-state index contributed by atoms with van der Waals surface area (Å²) < 4.78 is 19.7. The third kappa shape index (κ3) is 5.43. The molecular weight excluding hydrogens is 96.0 g/mol. The first-order chi connectivity index (χ1) is 4.34. The third-order valence-electron chi connectivity index (χ3n) is 0.368. The number of aliphatic hydroxyl groups excluding tert-OH is 1. The second kappa shape index (κ2) is 2.58. The molecule has 0 unspecified atom stereocenters. The standard InChI is InChI=1S/C4H8O3/c1-3(5)2-4(6)7/h3,5H,2H2,1H3,(H,6,7)/t3-/m1/s1/i1D3. The normalized spacial score (nSPS) is 21.6. The van der Waals surface area contributed by atoms with Crippen LogP contribution in [0, 0.1) is 0 Å². The Kier molecular flexibility index (Phi) is 0.982. The lowest BCUT2D eigenvalue weighted by Crippen LogP contribution is -2.07. The maximum Gasteiger partial charge on any atom is 0.305 e. The molecule has 2 N–H and O–H groups in total. The van der Waals surface area contributed by atoms with E-state index in [2.05, 4.69) is 0 Å². The van der Waals surface area contributed by atoms with Crippen molar-refractivity contribution in [1.82, 2.24) is 0 Å². The first-order valence-corrected chi connectivity index (χ1v) is 1.74. The van der Waals surface area contributed by atoms with Crippen molar-refractivity contribution in [2.45, 2.75) is 19.4 Å². The van der Waals surface area contributed by atoms with Gasteiger partial charge in [-0.05, 0) is 6.85 Å². The van der Waals surface area contributed by atoms with Crippen LogP contribution in [0.2, 0.25) is 0 Å². The molecule has 0 amide bonds. The molecule has 0 aliphatic rings. The minimum absolute atomic E-state index is 0.740. The molecule has 0 fully saturated rings. The number of carboxylic acid groups (broad SMARTS) is 1. The summed E-state index contributed by atoms with van der Waals surface area (Å²) in [5, 5.41) is 16.6. The van der Waals surface area contributed by atoms with Gasteiger partial charge in [-0.25, -0.2) is 0 Å². The van der Waals surface area contributed by atoms with E-state index in [4.69, 9.17) is 14.3 Å². The van der Waals surface area contributed by atoms with E-state index in [0.29, 0.717) is 0 Å². The number of carbonyl (C=O) groups is 1. The van der Waals surface area contributed by atoms with Gasteiger partial charge in [0.05, 0.1) is 12.5 Å². The molecule has 7 heavy (non-hydrogen) atoms. The topological polar surface area (TPSA) is 57.5 Å². The molecule has 42 valence electrons. The Hall–Kier alpha value is -0.570. The molecular formula is C4H8O3. The van der Waals surface area contributed by atoms with E-state index in [1.807, 2.05) is 0 Å². The summed E-state index contributed by atoms with van der Waals surface area (Å²) >= 11 is 0. The molecule has 1 atom stereocenters. The fourth-order valence-corrected chi connectivity index (χ4v) is 0.165. The lowest BCUT2D eigenvalue weighted by molar-refractivity contribution is -0.138. The summed E-state index contributed by atoms with van der Waals surface area (Å²) in [6, 6.07) is 0. The van der Waals surface area contributed by atoms with Crippen molar-refractivity contribution in [3.8, 4) is 0 Å². The van der Waals surface area contributed by atoms with E-state index >= 15 is 0 Å². The maximum atomic E-state index is 9.85. The van der Waals surface area contributed by atoms with Crippen LogP contribution in [0.4, 0.5) is 0 Å². The van der Waals surface area contributed by atoms with E-state index in [1.54, 1.807) is 0 Å². The van der Waals surface area contributed by atoms with Gasteiger partial charge in [-0.15, -0.1) is 0 Å². The molecule has 3 heteroatoms. The van der Waals surface area contributed by atoms with Crippen LogP contribution < -0.4 is 0 Å². The largest absolute Gasteiger partial charge is 0.481 e. The van der Waals surface area contributed by atoms with Crippen molar-refractivity contribution in [3.05, 3.63) is 0 Å². The highest BCUT2D eigenvalue weighted by Gasteiger charge is 2.00. The molecule has 0 aromatic heterocycles. The van der Waals surface area contributed by atoms with E-state index in [1.165, 1.54) is 0 Å². The molecule has 0 aliphatic carbocycles. The fourth-order valence-electron chi connectivity index (χ4n) is 0.165. The summed E-state index contributed by atoms with van der Waals surface area (Å²) in [6.07, 6.45) is -2.50. The second-order valence-corrected chi connectivity index (χ2v) is 1.11. The number of aliphatic carboxylic acids is 1. The Bertz CT molecular complexity index is 130. The van der Waals surface area contributed by atoms with Crippen LogP contribution in [-0.2, 0) is 4.79 Å². The number of rotatable bonds is 2. The second-order valence-electron chi connectivity index (χ2n) is 1.11. The molecule has 0 radical (unpaired) electrons. The maximum absolute atomic E-state index is 9.85. The third-order valence-corrected chi connectivity index (χ3v) is 0.368. The zero-order chi connectivity index (χ0) is 8.36. The van der Waals surface area contributed by atoms with Gasteiger partial charge < -0.3 is 10.2 Å². The first kappa shape index (κ1) is 2.67. The molecule has 0 aromatic carbocycles. The summed E-state index contributed by atoms with van der Waals surface area (Å²) in [6.45, 7) is -2.58. The molecule has 0 spiro atoms. The van der Waals surface area contributed by atoms with Crippen LogP contribution in [0.15, 0.2) is 0 Å². The Morgan fingerprint density at radius 2 is 2.71 bits per heavy atom. The van der Waals surface area contributed by atoms with Crippen LogP contribution in [0.25, 0.3) is 0 Å². The lowest BCUT2D eigenvalue weighted by Gasteiger charge is -1.94. The molecule has 0 saturated carbocycles. The van der Waals surface area contributed by atoms with E-state index in [-0.39, 0.29) is 0 Å². The molecule has 0 rings (SSSR count). The van der Waals surface area contributed by atoms with Crippen LogP contribution >= 0.6 is 0 Å². The van der Waals surface area contributed by atoms with Crippen LogP contribution in [0.1, 0.15) is 17.4 Å². The van der Waals surface area contributed by atoms with Gasteiger partial charge in [0.15, 0.2) is 0 Å². The quantitative estimate of drug-likeness (QED) is 0.515. The van der Waals surface area contributed by atoms with Gasteiger partial charge >= 0.3 is 5.97 Å². The van der Waals surface area contributed by atoms with E-state index < -0.39 is 25.3 Å². The van der Waals surface area contributed by atoms with Gasteiger partial charge in [0.25, 0.3) is 0 Å². The number of carboxylic acids is 1. The molecule has 0 bridgehead atoms. The highest BCUT2D eigenvalue weighted by molar-refractivity contribution is 5.67. The summed E-state index contributed by atoms with van der Waals surface area (Å²) in [7, 11) is 0. The predicted molar refractivity (Wildman–Crippen MR) is 23.9 cm³/mol. The van der Waals surface area contributed by atoms with Crippen molar-refractivity contribution >= 4 is 5.97 Å². The summed E-state index contributed by atoms with van der Waals surface area (Å²) in [5.41, 5.74) is 0. The minimum atomic E-state index is -2.58. The smallest absolute Gasteiger partial charge is 0.305 e. The molecule has 0 heterocycles. The van der Waals surface area contributed by atoms with Gasteiger partial charge in [0.1, 0.15) is 0 Å². The van der Waals surface area contributed by atoms with E-state index in [0.717, 1.165) is 0 Å². The Morgan fingerprint density at radius 1 is 2.14 bits per heavy atom. The molecule has 0 saturated heterocycles. The Morgan fingerprint density at radius 3 is 2.86 bits per heavy atom. The highest BCUT2D eigenvalue weighted by atomic mass is 16.4. The van der Waals surface area contributed by atoms with Crippen LogP contribution in [0.3, 0.4) is 0 Å². The average Bonchev–Trinajstić information content (AvgIpc) is 1.60. The van der Waals surface area contributed by atoms with Crippen molar-refractivity contribution in [2.75, 3.05) is 0 Å². The fraction of sp³-hybridized carbons (Fsp3) is 0.750. The lowest BCUT2D eigenvalue weighted by atomic mass is 10.3. The number of hydrogen-bond donors (Lipinski definition) is 2. The van der Waals surface area contributed by atoms with Crippen molar-refractivity contribution in [1.29, 1.82) is 0 Å². The predicted octanol–water partition coefficient (Wildman–Crippen LogP) is -0.158. The van der Waals surface area contributed by atoms with Gasteiger partial charge in [-0.2, -0.15) is 0 Å². The Balaban J connectivity index is 3.85. The van der Waals surface area contributed by atoms with Crippen molar-refractivity contribution in [3.63, 3.8) is 0 Å². The van der Waals surface area contributed by atoms with Crippen LogP contribution in [-0.4, -0.2) is 22.3 Å².